The Bertz CT molecular complexity index is 1100. The van der Waals surface area contributed by atoms with Gasteiger partial charge < -0.3 is 14.2 Å². The summed E-state index contributed by atoms with van der Waals surface area (Å²) in [5, 5.41) is 0. The normalized spacial score (nSPS) is 10.9. The molecule has 3 aromatic rings. The van der Waals surface area contributed by atoms with Crippen LogP contribution in [0, 0.1) is 6.92 Å². The molecule has 3 rings (SSSR count). The summed E-state index contributed by atoms with van der Waals surface area (Å²) in [7, 11) is 0. The minimum absolute atomic E-state index is 0.0000469. The number of esters is 1. The highest BCUT2D eigenvalue weighted by Crippen LogP contribution is 2.30. The molecule has 0 aliphatic carbocycles. The zero-order valence-corrected chi connectivity index (χ0v) is 15.7. The largest absolute Gasteiger partial charge is 0.490 e. The first-order valence-electron chi connectivity index (χ1n) is 8.75. The predicted molar refractivity (Wildman–Crippen MR) is 99.6 cm³/mol. The molecule has 0 fully saturated rings. The van der Waals surface area contributed by atoms with Crippen LogP contribution in [-0.4, -0.2) is 28.6 Å². The van der Waals surface area contributed by atoms with Gasteiger partial charge in [0, 0.05) is 12.3 Å². The van der Waals surface area contributed by atoms with Gasteiger partial charge in [-0.3, -0.25) is 9.20 Å². The number of ether oxygens (including phenoxy) is 3. The molecular weight excluding hydrogens is 386 g/mol. The van der Waals surface area contributed by atoms with Crippen molar-refractivity contribution in [3.05, 3.63) is 69.8 Å². The van der Waals surface area contributed by atoms with Crippen LogP contribution >= 0.6 is 0 Å². The molecule has 0 unspecified atom stereocenters. The molecule has 152 valence electrons. The summed E-state index contributed by atoms with van der Waals surface area (Å²) in [6.07, 6.45) is 1.60. The molecule has 0 aliphatic heterocycles. The second kappa shape index (κ2) is 8.68. The number of rotatable bonds is 7. The summed E-state index contributed by atoms with van der Waals surface area (Å²) in [5.41, 5.74) is 1.35. The summed E-state index contributed by atoms with van der Waals surface area (Å²) in [6.45, 7) is 0.438. The van der Waals surface area contributed by atoms with Crippen LogP contribution in [0.25, 0.3) is 5.65 Å². The molecule has 7 nitrogen and oxygen atoms in total. The van der Waals surface area contributed by atoms with Crippen LogP contribution in [0.3, 0.4) is 0 Å². The number of hydrogen-bond acceptors (Lipinski definition) is 6. The van der Waals surface area contributed by atoms with Crippen LogP contribution < -0.4 is 15.0 Å². The Morgan fingerprint density at radius 1 is 1.21 bits per heavy atom. The Kier molecular flexibility index (Phi) is 6.06. The molecule has 0 spiro atoms. The van der Waals surface area contributed by atoms with Gasteiger partial charge in [0.1, 0.15) is 12.3 Å². The van der Waals surface area contributed by atoms with Gasteiger partial charge in [0.05, 0.1) is 17.9 Å². The summed E-state index contributed by atoms with van der Waals surface area (Å²) in [4.78, 5) is 28.9. The van der Waals surface area contributed by atoms with Gasteiger partial charge in [0.25, 0.3) is 5.56 Å². The number of nitrogens with zero attached hydrogens (tertiary/aromatic N) is 2. The molecule has 2 aromatic heterocycles. The molecule has 0 N–H and O–H groups in total. The number of hydrogen-bond donors (Lipinski definition) is 0. The zero-order chi connectivity index (χ0) is 21.0. The minimum atomic E-state index is -3.02. The summed E-state index contributed by atoms with van der Waals surface area (Å²) in [6, 6.07) is 8.59. The van der Waals surface area contributed by atoms with Crippen LogP contribution in [0.15, 0.2) is 47.4 Å². The zero-order valence-electron chi connectivity index (χ0n) is 15.7. The number of benzene rings is 1. The van der Waals surface area contributed by atoms with E-state index in [4.69, 9.17) is 9.47 Å². The highest BCUT2D eigenvalue weighted by atomic mass is 19.3. The number of carbonyl (C=O) groups excluding carboxylic acids is 1. The average molecular weight is 404 g/mol. The lowest BCUT2D eigenvalue weighted by Crippen LogP contribution is -2.17. The second-order valence-electron chi connectivity index (χ2n) is 6.02. The topological polar surface area (TPSA) is 79.1 Å². The van der Waals surface area contributed by atoms with Gasteiger partial charge in [-0.25, -0.2) is 9.78 Å². The maximum absolute atomic E-state index is 12.5. The fourth-order valence-electron chi connectivity index (χ4n) is 2.70. The lowest BCUT2D eigenvalue weighted by atomic mass is 10.2. The predicted octanol–water partition coefficient (Wildman–Crippen LogP) is 3.36. The molecular formula is C20H18F2N2O5. The molecule has 0 amide bonds. The second-order valence-corrected chi connectivity index (χ2v) is 6.02. The fraction of sp³-hybridized carbons (Fsp3) is 0.250. The number of carbonyl (C=O) groups is 1. The number of fused-ring (bicyclic) bond motifs is 1. The van der Waals surface area contributed by atoms with Crippen molar-refractivity contribution in [3.8, 4) is 11.5 Å². The fourth-order valence-corrected chi connectivity index (χ4v) is 2.70. The molecule has 9 heteroatoms. The summed E-state index contributed by atoms with van der Waals surface area (Å²) < 4.78 is 41.2. The molecule has 0 aliphatic rings. The lowest BCUT2D eigenvalue weighted by molar-refractivity contribution is -0.0514. The van der Waals surface area contributed by atoms with Crippen LogP contribution in [-0.2, 0) is 11.3 Å². The number of aromatic nitrogens is 2. The van der Waals surface area contributed by atoms with Crippen molar-refractivity contribution >= 4 is 11.6 Å². The molecule has 29 heavy (non-hydrogen) atoms. The molecule has 0 saturated carbocycles. The van der Waals surface area contributed by atoms with Crippen molar-refractivity contribution in [1.82, 2.24) is 9.38 Å². The summed E-state index contributed by atoms with van der Waals surface area (Å²) >= 11 is 0. The number of aryl methyl sites for hydroxylation is 1. The quantitative estimate of drug-likeness (QED) is 0.562. The van der Waals surface area contributed by atoms with Gasteiger partial charge in [0.2, 0.25) is 0 Å². The monoisotopic (exact) mass is 404 g/mol. The molecule has 0 bridgehead atoms. The van der Waals surface area contributed by atoms with E-state index < -0.39 is 12.6 Å². The summed E-state index contributed by atoms with van der Waals surface area (Å²) in [5.74, 6) is -0.903. The van der Waals surface area contributed by atoms with Crippen molar-refractivity contribution in [2.75, 3.05) is 6.61 Å². The Hall–Kier alpha value is -3.49. The molecule has 1 aromatic carbocycles. The van der Waals surface area contributed by atoms with Crippen LogP contribution in [0.5, 0.6) is 11.5 Å². The third-order valence-electron chi connectivity index (χ3n) is 3.99. The van der Waals surface area contributed by atoms with E-state index >= 15 is 0 Å². The van der Waals surface area contributed by atoms with E-state index in [1.807, 2.05) is 13.0 Å². The first-order valence-corrected chi connectivity index (χ1v) is 8.75. The smallest absolute Gasteiger partial charge is 0.387 e. The Balaban J connectivity index is 1.78. The Morgan fingerprint density at radius 2 is 2.00 bits per heavy atom. The minimum Gasteiger partial charge on any atom is -0.490 e. The maximum Gasteiger partial charge on any atom is 0.387 e. The van der Waals surface area contributed by atoms with E-state index in [1.165, 1.54) is 28.7 Å². The van der Waals surface area contributed by atoms with E-state index in [1.54, 1.807) is 19.2 Å². The lowest BCUT2D eigenvalue weighted by Gasteiger charge is -2.12. The maximum atomic E-state index is 12.5. The Labute approximate surface area is 164 Å². The van der Waals surface area contributed by atoms with Gasteiger partial charge >= 0.3 is 12.6 Å². The third-order valence-corrected chi connectivity index (χ3v) is 3.99. The number of alkyl halides is 2. The van der Waals surface area contributed by atoms with Crippen molar-refractivity contribution in [3.63, 3.8) is 0 Å². The number of halogens is 2. The first kappa shape index (κ1) is 20.2. The van der Waals surface area contributed by atoms with Crippen molar-refractivity contribution in [2.45, 2.75) is 27.1 Å². The molecule has 2 heterocycles. The highest BCUT2D eigenvalue weighted by Gasteiger charge is 2.16. The van der Waals surface area contributed by atoms with Crippen molar-refractivity contribution < 1.29 is 27.8 Å². The SMILES string of the molecule is CCOc1cc(C(=O)OCc2cc(=O)n3cccc(C)c3n2)ccc1OC(F)F. The van der Waals surface area contributed by atoms with Gasteiger partial charge in [-0.1, -0.05) is 6.07 Å². The van der Waals surface area contributed by atoms with Crippen LogP contribution in [0.2, 0.25) is 0 Å². The van der Waals surface area contributed by atoms with E-state index in [0.29, 0.717) is 11.3 Å². The first-order chi connectivity index (χ1) is 13.9. The van der Waals surface area contributed by atoms with Crippen LogP contribution in [0.4, 0.5) is 8.78 Å². The molecule has 0 radical (unpaired) electrons. The van der Waals surface area contributed by atoms with Gasteiger partial charge in [-0.15, -0.1) is 0 Å². The average Bonchev–Trinajstić information content (AvgIpc) is 2.68. The van der Waals surface area contributed by atoms with Crippen molar-refractivity contribution in [2.24, 2.45) is 0 Å². The van der Waals surface area contributed by atoms with Crippen LogP contribution in [0.1, 0.15) is 28.5 Å². The molecule has 0 atom stereocenters. The Morgan fingerprint density at radius 3 is 2.72 bits per heavy atom. The van der Waals surface area contributed by atoms with Gasteiger partial charge in [-0.05, 0) is 43.7 Å². The van der Waals surface area contributed by atoms with E-state index in [2.05, 4.69) is 9.72 Å². The van der Waals surface area contributed by atoms with Gasteiger partial charge in [0.15, 0.2) is 11.5 Å². The highest BCUT2D eigenvalue weighted by molar-refractivity contribution is 5.90. The molecule has 0 saturated heterocycles. The van der Waals surface area contributed by atoms with Crippen molar-refractivity contribution in [1.29, 1.82) is 0 Å². The van der Waals surface area contributed by atoms with E-state index in [-0.39, 0.29) is 35.8 Å². The number of pyridine rings is 1. The van der Waals surface area contributed by atoms with Gasteiger partial charge in [-0.2, -0.15) is 8.78 Å². The standard InChI is InChI=1S/C20H18F2N2O5/c1-3-27-16-9-13(6-7-15(16)29-20(21)22)19(26)28-11-14-10-17(25)24-8-4-5-12(2)18(24)23-14/h4-10,20H,3,11H2,1-2H3. The third kappa shape index (κ3) is 4.68. The van der Waals surface area contributed by atoms with E-state index in [0.717, 1.165) is 5.56 Å². The van der Waals surface area contributed by atoms with E-state index in [9.17, 15) is 18.4 Å².